The number of aliphatic hydroxyl groups excluding tert-OH is 1. The first kappa shape index (κ1) is 101. The van der Waals surface area contributed by atoms with E-state index in [1.165, 1.54) is 31.2 Å². The fourth-order valence-electron chi connectivity index (χ4n) is 11.5. The first-order valence-electron chi connectivity index (χ1n) is 38.6. The summed E-state index contributed by atoms with van der Waals surface area (Å²) in [5, 5.41) is 101. The quantitative estimate of drug-likeness (QED) is 0.0166. The Morgan fingerprint density at radius 2 is 0.786 bits per heavy atom. The zero-order valence-electron chi connectivity index (χ0n) is 66.8. The van der Waals surface area contributed by atoms with Crippen molar-refractivity contribution in [2.24, 2.45) is 52.0 Å². The van der Waals surface area contributed by atoms with Gasteiger partial charge in [-0.2, -0.15) is 0 Å². The molecule has 2 aromatic carbocycles. The van der Waals surface area contributed by atoms with Crippen LogP contribution in [0.4, 0.5) is 0 Å². The molecule has 0 aliphatic rings. The average molecular weight is 1650 g/mol. The molecule has 13 amide bonds. The van der Waals surface area contributed by atoms with Crippen LogP contribution in [0.25, 0.3) is 0 Å². The Bertz CT molecular complexity index is 3640. The molecule has 44 nitrogen and oxygen atoms in total. The lowest BCUT2D eigenvalue weighted by molar-refractivity contribution is -0.142. The van der Waals surface area contributed by atoms with Crippen molar-refractivity contribution < 1.29 is 82.4 Å². The van der Waals surface area contributed by atoms with E-state index >= 15 is 0 Å². The number of carbonyl (C=O) groups excluding carboxylic acids is 13. The highest BCUT2D eigenvalue weighted by Gasteiger charge is 2.37. The molecule has 0 saturated carbocycles. The minimum absolute atomic E-state index is 0.00569. The van der Waals surface area contributed by atoms with Gasteiger partial charge in [0.1, 0.15) is 72.2 Å². The number of aliphatic hydroxyl groups is 1. The molecule has 0 heterocycles. The summed E-state index contributed by atoms with van der Waals surface area (Å²) in [6.45, 7) is 6.73. The first-order valence-corrected chi connectivity index (χ1v) is 38.6. The van der Waals surface area contributed by atoms with E-state index in [9.17, 15) is 82.4 Å². The molecule has 117 heavy (non-hydrogen) atoms. The van der Waals surface area contributed by atoms with Gasteiger partial charge in [0, 0.05) is 45.4 Å². The van der Waals surface area contributed by atoms with Crippen molar-refractivity contribution in [1.29, 1.82) is 21.6 Å². The molecule has 2 rings (SSSR count). The smallest absolute Gasteiger partial charge is 0.326 e. The molecule has 0 spiro atoms. The van der Waals surface area contributed by atoms with Crippen molar-refractivity contribution in [2.45, 2.75) is 216 Å². The lowest BCUT2D eigenvalue weighted by Crippen LogP contribution is -2.60. The largest absolute Gasteiger partial charge is 0.508 e. The van der Waals surface area contributed by atoms with Gasteiger partial charge in [-0.1, -0.05) is 76.6 Å². The lowest BCUT2D eigenvalue weighted by atomic mass is 9.96. The number of hydrogen-bond acceptors (Lipinski definition) is 22. The number of amides is 13. The zero-order chi connectivity index (χ0) is 87.9. The van der Waals surface area contributed by atoms with Crippen LogP contribution >= 0.6 is 0 Å². The van der Waals surface area contributed by atoms with E-state index < -0.39 is 205 Å². The Labute approximate surface area is 678 Å². The number of aliphatic carboxylic acids is 1. The maximum Gasteiger partial charge on any atom is 0.326 e. The highest BCUT2D eigenvalue weighted by Crippen LogP contribution is 2.16. The van der Waals surface area contributed by atoms with Gasteiger partial charge in [0.15, 0.2) is 23.8 Å². The van der Waals surface area contributed by atoms with Crippen LogP contribution in [-0.2, 0) is 80.0 Å². The van der Waals surface area contributed by atoms with Gasteiger partial charge >= 0.3 is 5.97 Å². The number of carbonyl (C=O) groups is 14. The maximum absolute atomic E-state index is 14.6. The van der Waals surface area contributed by atoms with Crippen molar-refractivity contribution in [3.8, 4) is 5.75 Å². The third-order valence-electron chi connectivity index (χ3n) is 18.1. The number of aromatic hydroxyl groups is 1. The number of carboxylic acid groups (broad SMARTS) is 1. The molecule has 37 N–H and O–H groups in total. The van der Waals surface area contributed by atoms with Crippen LogP contribution in [0.15, 0.2) is 54.6 Å². The number of nitrogens with one attached hydrogen (secondary N) is 20. The predicted octanol–water partition coefficient (Wildman–Crippen LogP) is -7.41. The van der Waals surface area contributed by atoms with Gasteiger partial charge in [-0.15, -0.1) is 0 Å². The number of unbranched alkanes of at least 4 members (excludes halogenated alkanes) is 1. The van der Waals surface area contributed by atoms with Crippen LogP contribution in [0.3, 0.4) is 0 Å². The third kappa shape index (κ3) is 41.6. The molecular weight excluding hydrogens is 1530 g/mol. The topological polar surface area (TPSA) is 770 Å². The molecule has 2 aromatic rings. The fraction of sp³-hybridized carbons (Fsp3) is 0.589. The summed E-state index contributed by atoms with van der Waals surface area (Å²) < 4.78 is 0. The molecule has 0 radical (unpaired) electrons. The summed E-state index contributed by atoms with van der Waals surface area (Å²) in [5.41, 5.74) is 40.1. The van der Waals surface area contributed by atoms with Crippen LogP contribution in [-0.4, -0.2) is 240 Å². The molecule has 13 atom stereocenters. The summed E-state index contributed by atoms with van der Waals surface area (Å²) >= 11 is 0. The molecule has 0 aromatic heterocycles. The lowest BCUT2D eigenvalue weighted by Gasteiger charge is -2.28. The molecule has 0 fully saturated rings. The van der Waals surface area contributed by atoms with E-state index in [1.807, 2.05) is 13.8 Å². The Balaban J connectivity index is 2.49. The second-order valence-electron chi connectivity index (χ2n) is 28.5. The zero-order valence-corrected chi connectivity index (χ0v) is 66.8. The van der Waals surface area contributed by atoms with Crippen LogP contribution < -0.4 is 125 Å². The van der Waals surface area contributed by atoms with Gasteiger partial charge in [-0.25, -0.2) is 4.79 Å². The fourth-order valence-corrected chi connectivity index (χ4v) is 11.5. The Hall–Kier alpha value is -12.2. The SMILES string of the molecule is CC[C@H](C)[C@H](NC(=O)[C@@H](N)CC(C)C)C(=O)N[C@@H](Cc1ccc(O)cc1)C(=O)N[C@@H](C)C(=O)N[C@@H](CCC(N)=O)C(=O)NCC(=O)N[C@@H](Cc1ccccc1)C(=O)N[C@@H](CO)C(=O)N[C@@H](CCCCN)C(=O)N[C@@H](CCCNC(=N)N)C(=O)N[C@@H](CCCNC(=N)N)C(=O)N[C@@H](CCCNC(=N)N)C(=O)N[C@@H](CCCNC(=N)N)C(=O)O. The van der Waals surface area contributed by atoms with Crippen LogP contribution in [0, 0.1) is 33.5 Å². The first-order chi connectivity index (χ1) is 55.3. The maximum atomic E-state index is 14.6. The number of rotatable bonds is 57. The van der Waals surface area contributed by atoms with Crippen LogP contribution in [0.1, 0.15) is 142 Å². The molecule has 652 valence electrons. The standard InChI is InChI=1S/C73H123N27O17/c1-6-40(4)57(100-59(106)45(75)34-39(2)3)68(115)98-53(36-43-23-25-44(102)26-24-43)65(112)90-41(5)58(105)92-50(27-28-55(76)103)60(107)89-37-56(104)91-52(35-42-16-8-7-9-17-42)66(113)99-54(38-101)67(114)96-46(18-10-11-29-74)61(108)93-47(19-12-30-85-70(77)78)62(109)94-48(20-13-31-86-71(79)80)63(110)95-49(21-14-32-87-72(81)82)64(111)97-51(69(116)117)22-15-33-88-73(83)84/h7-9,16-17,23-26,39-41,45-54,57,101-102H,6,10-15,18-22,27-38,74-75H2,1-5H3,(H2,76,103)(H,89,107)(H,90,112)(H,91,104)(H,92,105)(H,93,108)(H,94,109)(H,95,110)(H,96,114)(H,97,111)(H,98,115)(H,99,113)(H,100,106)(H,116,117)(H4,77,78,85)(H4,79,80,86)(H4,81,82,87)(H4,83,84,88)/t40-,41-,45-,46-,47-,48-,49-,50-,51-,52-,53-,54-,57-/m0/s1. The summed E-state index contributed by atoms with van der Waals surface area (Å²) in [7, 11) is 0. The monoisotopic (exact) mass is 1650 g/mol. The number of primary amides is 1. The predicted molar refractivity (Wildman–Crippen MR) is 431 cm³/mol. The van der Waals surface area contributed by atoms with Gasteiger partial charge < -0.3 is 141 Å². The van der Waals surface area contributed by atoms with Crippen molar-refractivity contribution >= 4 is 107 Å². The van der Waals surface area contributed by atoms with Gasteiger partial charge in [-0.3, -0.25) is 84.0 Å². The molecule has 0 aliphatic heterocycles. The van der Waals surface area contributed by atoms with E-state index in [-0.39, 0.29) is 127 Å². The average Bonchev–Trinajstić information content (AvgIpc) is 0.845. The molecular formula is C73H123N27O17. The van der Waals surface area contributed by atoms with Gasteiger partial charge in [0.25, 0.3) is 0 Å². The normalized spacial score (nSPS) is 14.3. The number of phenolic OH excluding ortho intramolecular Hbond substituents is 1. The van der Waals surface area contributed by atoms with Crippen LogP contribution in [0.5, 0.6) is 5.75 Å². The summed E-state index contributed by atoms with van der Waals surface area (Å²) in [6, 6.07) is -3.81. The highest BCUT2D eigenvalue weighted by molar-refractivity contribution is 6.00. The molecule has 0 saturated heterocycles. The van der Waals surface area contributed by atoms with Gasteiger partial charge in [-0.05, 0) is 132 Å². The number of benzene rings is 2. The second-order valence-corrected chi connectivity index (χ2v) is 28.5. The van der Waals surface area contributed by atoms with Gasteiger partial charge in [0.2, 0.25) is 76.8 Å². The number of phenols is 1. The highest BCUT2D eigenvalue weighted by atomic mass is 16.4. The Kier molecular flexibility index (Phi) is 47.0. The second kappa shape index (κ2) is 54.5. The van der Waals surface area contributed by atoms with E-state index in [0.717, 1.165) is 0 Å². The molecule has 0 unspecified atom stereocenters. The number of nitrogens with two attached hydrogens (primary N) is 7. The van der Waals surface area contributed by atoms with Crippen molar-refractivity contribution in [2.75, 3.05) is 45.9 Å². The minimum atomic E-state index is -1.86. The minimum Gasteiger partial charge on any atom is -0.508 e. The third-order valence-corrected chi connectivity index (χ3v) is 18.1. The van der Waals surface area contributed by atoms with Gasteiger partial charge in [0.05, 0.1) is 19.2 Å². The van der Waals surface area contributed by atoms with E-state index in [2.05, 4.69) is 85.1 Å². The Morgan fingerprint density at radius 1 is 0.410 bits per heavy atom. The summed E-state index contributed by atoms with van der Waals surface area (Å²) in [5.74, 6) is -15.9. The van der Waals surface area contributed by atoms with Crippen molar-refractivity contribution in [3.63, 3.8) is 0 Å². The number of hydrogen-bond donors (Lipinski definition) is 30. The van der Waals surface area contributed by atoms with Crippen LogP contribution in [0.2, 0.25) is 0 Å². The summed E-state index contributed by atoms with van der Waals surface area (Å²) in [6.07, 6.45) is -0.767. The molecule has 44 heteroatoms. The van der Waals surface area contributed by atoms with Crippen molar-refractivity contribution in [1.82, 2.24) is 85.1 Å². The number of guanidine groups is 4. The van der Waals surface area contributed by atoms with E-state index in [1.54, 1.807) is 44.2 Å². The van der Waals surface area contributed by atoms with Crippen molar-refractivity contribution in [3.05, 3.63) is 65.7 Å². The van der Waals surface area contributed by atoms with E-state index in [0.29, 0.717) is 30.4 Å². The Morgan fingerprint density at radius 3 is 1.21 bits per heavy atom. The summed E-state index contributed by atoms with van der Waals surface area (Å²) in [4.78, 5) is 194. The molecule has 0 bridgehead atoms. The number of carboxylic acids is 1. The van der Waals surface area contributed by atoms with E-state index in [4.69, 9.17) is 61.8 Å². The molecule has 0 aliphatic carbocycles.